The molecule has 2 heteroatoms. The van der Waals surface area contributed by atoms with Crippen molar-refractivity contribution in [1.82, 2.24) is 9.97 Å². The normalized spacial score (nSPS) is 11.0. The van der Waals surface area contributed by atoms with Crippen molar-refractivity contribution in [2.75, 3.05) is 0 Å². The number of rotatable bonds is 13. The fraction of sp³-hybridized carbons (Fsp3) is 0.448. The molecule has 0 radical (unpaired) electrons. The molecule has 0 atom stereocenters. The minimum atomic E-state index is 0.817. The van der Waals surface area contributed by atoms with Crippen molar-refractivity contribution in [3.63, 3.8) is 0 Å². The first-order valence-corrected chi connectivity index (χ1v) is 12.3. The minimum Gasteiger partial charge on any atom is -0.236 e. The highest BCUT2D eigenvalue weighted by Crippen LogP contribution is 2.19. The van der Waals surface area contributed by atoms with Crippen LogP contribution in [-0.2, 0) is 19.3 Å². The Hall–Kier alpha value is -2.48. The highest BCUT2D eigenvalue weighted by molar-refractivity contribution is 5.55. The molecule has 2 aromatic carbocycles. The Morgan fingerprint density at radius 3 is 1.65 bits per heavy atom. The Balaban J connectivity index is 1.50. The van der Waals surface area contributed by atoms with E-state index in [0.29, 0.717) is 0 Å². The SMILES string of the molecule is CCCCCCCc1cnc(-c2ccc(Cc3ccc(CCCCC)cc3)cc2)nc1. The smallest absolute Gasteiger partial charge is 0.159 e. The van der Waals surface area contributed by atoms with Gasteiger partial charge in [-0.15, -0.1) is 0 Å². The van der Waals surface area contributed by atoms with Crippen LogP contribution < -0.4 is 0 Å². The van der Waals surface area contributed by atoms with Crippen LogP contribution >= 0.6 is 0 Å². The summed E-state index contributed by atoms with van der Waals surface area (Å²) in [5, 5.41) is 0. The van der Waals surface area contributed by atoms with Gasteiger partial charge in [0.05, 0.1) is 0 Å². The molecule has 3 rings (SSSR count). The first kappa shape index (κ1) is 23.2. The summed E-state index contributed by atoms with van der Waals surface area (Å²) in [6.07, 6.45) is 17.6. The van der Waals surface area contributed by atoms with Crippen molar-refractivity contribution >= 4 is 0 Å². The highest BCUT2D eigenvalue weighted by atomic mass is 14.9. The van der Waals surface area contributed by atoms with Crippen molar-refractivity contribution in [2.45, 2.75) is 84.5 Å². The summed E-state index contributed by atoms with van der Waals surface area (Å²) < 4.78 is 0. The van der Waals surface area contributed by atoms with Crippen LogP contribution in [0.25, 0.3) is 11.4 Å². The molecule has 0 bridgehead atoms. The molecule has 31 heavy (non-hydrogen) atoms. The third-order valence-electron chi connectivity index (χ3n) is 5.99. The molecule has 0 aliphatic carbocycles. The van der Waals surface area contributed by atoms with Crippen molar-refractivity contribution in [1.29, 1.82) is 0 Å². The summed E-state index contributed by atoms with van der Waals surface area (Å²) in [6.45, 7) is 4.51. The van der Waals surface area contributed by atoms with Gasteiger partial charge in [0.1, 0.15) is 0 Å². The van der Waals surface area contributed by atoms with Crippen LogP contribution in [-0.4, -0.2) is 9.97 Å². The van der Waals surface area contributed by atoms with Crippen LogP contribution in [0, 0.1) is 0 Å². The van der Waals surface area contributed by atoms with Gasteiger partial charge in [-0.2, -0.15) is 0 Å². The monoisotopic (exact) mass is 414 g/mol. The lowest BCUT2D eigenvalue weighted by molar-refractivity contribution is 0.631. The van der Waals surface area contributed by atoms with Crippen molar-refractivity contribution in [3.05, 3.63) is 83.2 Å². The second-order valence-electron chi connectivity index (χ2n) is 8.73. The number of unbranched alkanes of at least 4 members (excludes halogenated alkanes) is 6. The molecular formula is C29H38N2. The van der Waals surface area contributed by atoms with E-state index in [4.69, 9.17) is 0 Å². The van der Waals surface area contributed by atoms with Crippen LogP contribution in [0.2, 0.25) is 0 Å². The number of benzene rings is 2. The van der Waals surface area contributed by atoms with Crippen LogP contribution in [0.3, 0.4) is 0 Å². The quantitative estimate of drug-likeness (QED) is 0.265. The predicted octanol–water partition coefficient (Wildman–Crippen LogP) is 7.98. The van der Waals surface area contributed by atoms with Crippen LogP contribution in [0.15, 0.2) is 60.9 Å². The minimum absolute atomic E-state index is 0.817. The van der Waals surface area contributed by atoms with E-state index in [1.165, 1.54) is 80.0 Å². The van der Waals surface area contributed by atoms with Crippen molar-refractivity contribution in [2.24, 2.45) is 0 Å². The summed E-state index contributed by atoms with van der Waals surface area (Å²) in [4.78, 5) is 9.21. The van der Waals surface area contributed by atoms with Crippen molar-refractivity contribution < 1.29 is 0 Å². The number of aromatic nitrogens is 2. The van der Waals surface area contributed by atoms with E-state index in [1.807, 2.05) is 12.4 Å². The lowest BCUT2D eigenvalue weighted by atomic mass is 10.0. The van der Waals surface area contributed by atoms with E-state index in [0.717, 1.165) is 24.2 Å². The molecule has 0 saturated heterocycles. The zero-order chi connectivity index (χ0) is 21.7. The van der Waals surface area contributed by atoms with Gasteiger partial charge in [-0.25, -0.2) is 9.97 Å². The molecule has 0 spiro atoms. The van der Waals surface area contributed by atoms with E-state index in [9.17, 15) is 0 Å². The van der Waals surface area contributed by atoms with Gasteiger partial charge in [-0.1, -0.05) is 101 Å². The fourth-order valence-electron chi connectivity index (χ4n) is 3.98. The second kappa shape index (κ2) is 13.0. The van der Waals surface area contributed by atoms with E-state index in [1.54, 1.807) is 0 Å². The van der Waals surface area contributed by atoms with Gasteiger partial charge >= 0.3 is 0 Å². The average Bonchev–Trinajstić information content (AvgIpc) is 2.81. The standard InChI is InChI=1S/C29H38N2/c1-3-5-7-8-10-12-27-22-30-29(31-23-27)28-19-17-26(18-20-28)21-25-15-13-24(14-16-25)11-9-6-4-2/h13-20,22-23H,3-12,21H2,1-2H3. The topological polar surface area (TPSA) is 25.8 Å². The van der Waals surface area contributed by atoms with Gasteiger partial charge in [-0.05, 0) is 54.4 Å². The molecule has 0 amide bonds. The fourth-order valence-corrected chi connectivity index (χ4v) is 3.98. The molecule has 164 valence electrons. The van der Waals surface area contributed by atoms with Gasteiger partial charge < -0.3 is 0 Å². The Morgan fingerprint density at radius 2 is 1.00 bits per heavy atom. The molecule has 1 aromatic heterocycles. The molecule has 2 nitrogen and oxygen atoms in total. The molecule has 0 aliphatic rings. The van der Waals surface area contributed by atoms with Gasteiger partial charge in [0.25, 0.3) is 0 Å². The highest BCUT2D eigenvalue weighted by Gasteiger charge is 2.04. The summed E-state index contributed by atoms with van der Waals surface area (Å²) in [6, 6.07) is 17.8. The largest absolute Gasteiger partial charge is 0.236 e. The van der Waals surface area contributed by atoms with Crippen LogP contribution in [0.4, 0.5) is 0 Å². The third kappa shape index (κ3) is 7.94. The van der Waals surface area contributed by atoms with Crippen molar-refractivity contribution in [3.8, 4) is 11.4 Å². The third-order valence-corrected chi connectivity index (χ3v) is 5.99. The zero-order valence-corrected chi connectivity index (χ0v) is 19.4. The van der Waals surface area contributed by atoms with E-state index in [-0.39, 0.29) is 0 Å². The molecule has 0 N–H and O–H groups in total. The predicted molar refractivity (Wildman–Crippen MR) is 132 cm³/mol. The number of aryl methyl sites for hydroxylation is 2. The van der Waals surface area contributed by atoms with Gasteiger partial charge in [-0.3, -0.25) is 0 Å². The van der Waals surface area contributed by atoms with Gasteiger partial charge in [0.15, 0.2) is 5.82 Å². The molecular weight excluding hydrogens is 376 g/mol. The zero-order valence-electron chi connectivity index (χ0n) is 19.4. The maximum atomic E-state index is 4.61. The Morgan fingerprint density at radius 1 is 0.516 bits per heavy atom. The second-order valence-corrected chi connectivity index (χ2v) is 8.73. The summed E-state index contributed by atoms with van der Waals surface area (Å²) >= 11 is 0. The Labute approximate surface area is 189 Å². The summed E-state index contributed by atoms with van der Waals surface area (Å²) in [7, 11) is 0. The molecule has 0 unspecified atom stereocenters. The maximum Gasteiger partial charge on any atom is 0.159 e. The molecule has 0 saturated carbocycles. The Bertz CT molecular complexity index is 864. The first-order chi connectivity index (χ1) is 15.3. The maximum absolute atomic E-state index is 4.61. The lowest BCUT2D eigenvalue weighted by Gasteiger charge is -2.07. The Kier molecular flexibility index (Phi) is 9.76. The molecule has 0 fully saturated rings. The molecule has 3 aromatic rings. The lowest BCUT2D eigenvalue weighted by Crippen LogP contribution is -1.94. The van der Waals surface area contributed by atoms with Crippen LogP contribution in [0.5, 0.6) is 0 Å². The summed E-state index contributed by atoms with van der Waals surface area (Å²) in [5.74, 6) is 0.817. The number of hydrogen-bond acceptors (Lipinski definition) is 2. The van der Waals surface area contributed by atoms with Gasteiger partial charge in [0, 0.05) is 18.0 Å². The molecule has 0 aliphatic heterocycles. The van der Waals surface area contributed by atoms with E-state index < -0.39 is 0 Å². The average molecular weight is 415 g/mol. The van der Waals surface area contributed by atoms with E-state index in [2.05, 4.69) is 72.3 Å². The van der Waals surface area contributed by atoms with Gasteiger partial charge in [0.2, 0.25) is 0 Å². The number of nitrogens with zero attached hydrogens (tertiary/aromatic N) is 2. The number of hydrogen-bond donors (Lipinski definition) is 0. The first-order valence-electron chi connectivity index (χ1n) is 12.3. The molecule has 1 heterocycles. The van der Waals surface area contributed by atoms with E-state index >= 15 is 0 Å². The summed E-state index contributed by atoms with van der Waals surface area (Å²) in [5.41, 5.74) is 6.48. The van der Waals surface area contributed by atoms with Crippen LogP contribution in [0.1, 0.15) is 87.5 Å².